The molecule has 1 rings (SSSR count). The van der Waals surface area contributed by atoms with Gasteiger partial charge in [-0.15, -0.1) is 0 Å². The van der Waals surface area contributed by atoms with Gasteiger partial charge in [0.25, 0.3) is 11.8 Å². The van der Waals surface area contributed by atoms with Gasteiger partial charge in [-0.1, -0.05) is 25.3 Å². The summed E-state index contributed by atoms with van der Waals surface area (Å²) in [6.07, 6.45) is 2.69. The summed E-state index contributed by atoms with van der Waals surface area (Å²) in [6.45, 7) is 6.81. The van der Waals surface area contributed by atoms with E-state index >= 15 is 0 Å². The van der Waals surface area contributed by atoms with Crippen LogP contribution in [0.25, 0.3) is 0 Å². The summed E-state index contributed by atoms with van der Waals surface area (Å²) in [7, 11) is 0. The maximum atomic E-state index is 10.9. The van der Waals surface area contributed by atoms with Gasteiger partial charge in [-0.3, -0.25) is 14.9 Å². The monoisotopic (exact) mass is 188 g/mol. The SMILES string of the molecule is C=CC1=C(C=C)C(=O)NC1=O.[K]. The van der Waals surface area contributed by atoms with Gasteiger partial charge in [0, 0.05) is 51.4 Å². The molecule has 12 heavy (non-hydrogen) atoms. The molecule has 0 bridgehead atoms. The fourth-order valence-electron chi connectivity index (χ4n) is 0.888. The van der Waals surface area contributed by atoms with Crippen LogP contribution in [-0.2, 0) is 9.59 Å². The number of carbonyl (C=O) groups excluding carboxylic acids is 2. The van der Waals surface area contributed by atoms with E-state index in [-0.39, 0.29) is 51.4 Å². The van der Waals surface area contributed by atoms with Gasteiger partial charge in [0.1, 0.15) is 0 Å². The van der Waals surface area contributed by atoms with E-state index in [1.807, 2.05) is 0 Å². The molecule has 57 valence electrons. The summed E-state index contributed by atoms with van der Waals surface area (Å²) in [5.41, 5.74) is 0.593. The topological polar surface area (TPSA) is 46.2 Å². The van der Waals surface area contributed by atoms with E-state index < -0.39 is 11.8 Å². The third-order valence-corrected chi connectivity index (χ3v) is 1.41. The van der Waals surface area contributed by atoms with Crippen molar-refractivity contribution in [2.24, 2.45) is 0 Å². The van der Waals surface area contributed by atoms with Crippen LogP contribution in [0.5, 0.6) is 0 Å². The predicted molar refractivity (Wildman–Crippen MR) is 46.3 cm³/mol. The molecule has 1 heterocycles. The standard InChI is InChI=1S/C8H7NO2.K/c1-3-5-6(4-2)8(11)9-7(5)10;/h3-4H,1-2H2,(H,9,10,11);. The Morgan fingerprint density at radius 2 is 1.33 bits per heavy atom. The van der Waals surface area contributed by atoms with Gasteiger partial charge in [-0.2, -0.15) is 0 Å². The van der Waals surface area contributed by atoms with Crippen molar-refractivity contribution in [2.75, 3.05) is 0 Å². The zero-order valence-electron chi connectivity index (χ0n) is 6.89. The van der Waals surface area contributed by atoms with Gasteiger partial charge in [-0.05, 0) is 0 Å². The first-order valence-corrected chi connectivity index (χ1v) is 3.05. The molecule has 1 aliphatic rings. The third-order valence-electron chi connectivity index (χ3n) is 1.41. The van der Waals surface area contributed by atoms with Crippen LogP contribution in [0.2, 0.25) is 0 Å². The second-order valence-corrected chi connectivity index (χ2v) is 2.02. The minimum absolute atomic E-state index is 0. The molecule has 1 radical (unpaired) electrons. The van der Waals surface area contributed by atoms with Gasteiger partial charge in [-0.25, -0.2) is 0 Å². The van der Waals surface area contributed by atoms with Gasteiger partial charge in [0.05, 0.1) is 11.1 Å². The smallest absolute Gasteiger partial charge is 0.258 e. The van der Waals surface area contributed by atoms with Crippen LogP contribution in [-0.4, -0.2) is 63.2 Å². The van der Waals surface area contributed by atoms with Crippen LogP contribution in [0.3, 0.4) is 0 Å². The Bertz CT molecular complexity index is 263. The zero-order chi connectivity index (χ0) is 8.43. The molecule has 3 nitrogen and oxygen atoms in total. The Labute approximate surface area is 113 Å². The molecule has 0 saturated carbocycles. The van der Waals surface area contributed by atoms with Crippen molar-refractivity contribution in [2.45, 2.75) is 0 Å². The van der Waals surface area contributed by atoms with Crippen molar-refractivity contribution < 1.29 is 9.59 Å². The number of imide groups is 1. The average Bonchev–Trinajstić information content (AvgIpc) is 2.24. The third kappa shape index (κ3) is 2.02. The number of hydrogen-bond acceptors (Lipinski definition) is 2. The summed E-state index contributed by atoms with van der Waals surface area (Å²) < 4.78 is 0. The van der Waals surface area contributed by atoms with Crippen molar-refractivity contribution in [3.8, 4) is 0 Å². The molecule has 0 fully saturated rings. The summed E-state index contributed by atoms with van der Waals surface area (Å²) in [5, 5.41) is 2.12. The first kappa shape index (κ1) is 12.0. The number of amides is 2. The van der Waals surface area contributed by atoms with E-state index in [2.05, 4.69) is 18.5 Å². The molecule has 0 atom stereocenters. The van der Waals surface area contributed by atoms with Crippen LogP contribution in [0, 0.1) is 0 Å². The van der Waals surface area contributed by atoms with E-state index in [0.717, 1.165) is 0 Å². The maximum absolute atomic E-state index is 10.9. The Morgan fingerprint density at radius 1 is 1.00 bits per heavy atom. The Balaban J connectivity index is 0.00000121. The van der Waals surface area contributed by atoms with Crippen molar-refractivity contribution in [3.63, 3.8) is 0 Å². The predicted octanol–water partition coefficient (Wildman–Crippen LogP) is -0.0694. The van der Waals surface area contributed by atoms with E-state index in [1.54, 1.807) is 0 Å². The Morgan fingerprint density at radius 3 is 1.58 bits per heavy atom. The zero-order valence-corrected chi connectivity index (χ0v) is 10.0. The van der Waals surface area contributed by atoms with E-state index in [4.69, 9.17) is 0 Å². The number of nitrogens with one attached hydrogen (secondary N) is 1. The molecule has 0 spiro atoms. The minimum atomic E-state index is -0.403. The quantitative estimate of drug-likeness (QED) is 0.487. The summed E-state index contributed by atoms with van der Waals surface area (Å²) in [4.78, 5) is 21.8. The van der Waals surface area contributed by atoms with Crippen molar-refractivity contribution in [1.29, 1.82) is 0 Å². The molecule has 0 aromatic heterocycles. The van der Waals surface area contributed by atoms with E-state index in [9.17, 15) is 9.59 Å². The molecular weight excluding hydrogens is 181 g/mol. The van der Waals surface area contributed by atoms with Crippen LogP contribution in [0.15, 0.2) is 36.5 Å². The number of hydrogen-bond donors (Lipinski definition) is 1. The van der Waals surface area contributed by atoms with Gasteiger partial charge in [0.15, 0.2) is 0 Å². The molecule has 0 unspecified atom stereocenters. The second-order valence-electron chi connectivity index (χ2n) is 2.02. The van der Waals surface area contributed by atoms with E-state index in [1.165, 1.54) is 12.2 Å². The summed E-state index contributed by atoms with van der Waals surface area (Å²) >= 11 is 0. The van der Waals surface area contributed by atoms with Gasteiger partial charge >= 0.3 is 0 Å². The molecule has 0 aromatic carbocycles. The minimum Gasteiger partial charge on any atom is -0.288 e. The molecule has 0 saturated heterocycles. The van der Waals surface area contributed by atoms with Crippen LogP contribution in [0.4, 0.5) is 0 Å². The first-order chi connectivity index (χ1) is 5.20. The summed E-state index contributed by atoms with van der Waals surface area (Å²) in [5.74, 6) is -0.806. The van der Waals surface area contributed by atoms with Crippen molar-refractivity contribution in [3.05, 3.63) is 36.5 Å². The molecule has 0 aromatic rings. The number of rotatable bonds is 2. The summed E-state index contributed by atoms with van der Waals surface area (Å²) in [6, 6.07) is 0. The average molecular weight is 188 g/mol. The fraction of sp³-hybridized carbons (Fsp3) is 0. The molecule has 0 aliphatic carbocycles. The normalized spacial score (nSPS) is 15.3. The second kappa shape index (κ2) is 4.89. The fourth-order valence-corrected chi connectivity index (χ4v) is 0.888. The van der Waals surface area contributed by atoms with Crippen LogP contribution >= 0.6 is 0 Å². The van der Waals surface area contributed by atoms with Crippen molar-refractivity contribution >= 4 is 63.2 Å². The Hall–Kier alpha value is -0.00364. The van der Waals surface area contributed by atoms with Gasteiger partial charge in [0.2, 0.25) is 0 Å². The molecular formula is C8H7KNO2. The molecule has 1 N–H and O–H groups in total. The van der Waals surface area contributed by atoms with Crippen molar-refractivity contribution in [1.82, 2.24) is 5.32 Å². The van der Waals surface area contributed by atoms with Crippen LogP contribution in [0.1, 0.15) is 0 Å². The maximum Gasteiger partial charge on any atom is 0.258 e. The largest absolute Gasteiger partial charge is 0.288 e. The molecule has 4 heteroatoms. The van der Waals surface area contributed by atoms with Gasteiger partial charge < -0.3 is 0 Å². The van der Waals surface area contributed by atoms with Crippen LogP contribution < -0.4 is 5.32 Å². The van der Waals surface area contributed by atoms with E-state index in [0.29, 0.717) is 11.1 Å². The first-order valence-electron chi connectivity index (χ1n) is 3.05. The Kier molecular flexibility index (Phi) is 4.88. The molecule has 1 aliphatic heterocycles. The number of carbonyl (C=O) groups is 2. The molecule has 2 amide bonds.